The number of benzene rings is 2. The Balaban J connectivity index is 1.77. The molecule has 0 fully saturated rings. The number of rotatable bonds is 12. The highest BCUT2D eigenvalue weighted by molar-refractivity contribution is 7.89. The standard InChI is InChI=1S/C24H29N3O7S/c1-4-26(35(32,33)21-10-8-20(9-11-21)34-17(2)3)13-5-6-18-15-25(16-24(28)29)23-14-19(27(30)31)7-12-22(18)23/h7-12,14-15,17H,4-6,13,16H2,1-3H3,(H,28,29). The number of fused-ring (bicyclic) bond motifs is 1. The topological polar surface area (TPSA) is 132 Å². The summed E-state index contributed by atoms with van der Waals surface area (Å²) < 4.78 is 34.7. The number of carboxylic acids is 1. The smallest absolute Gasteiger partial charge is 0.323 e. The quantitative estimate of drug-likeness (QED) is 0.291. The van der Waals surface area contributed by atoms with Gasteiger partial charge in [0, 0.05) is 36.8 Å². The molecule has 11 heteroatoms. The van der Waals surface area contributed by atoms with E-state index >= 15 is 0 Å². The van der Waals surface area contributed by atoms with E-state index in [0.717, 1.165) is 5.56 Å². The zero-order chi connectivity index (χ0) is 25.8. The molecule has 0 amide bonds. The lowest BCUT2D eigenvalue weighted by atomic mass is 10.1. The number of hydrogen-bond acceptors (Lipinski definition) is 6. The van der Waals surface area contributed by atoms with Gasteiger partial charge >= 0.3 is 5.97 Å². The fraction of sp³-hybridized carbons (Fsp3) is 0.375. The lowest BCUT2D eigenvalue weighted by Crippen LogP contribution is -2.32. The van der Waals surface area contributed by atoms with Crippen molar-refractivity contribution >= 4 is 32.6 Å². The Morgan fingerprint density at radius 2 is 1.89 bits per heavy atom. The first-order valence-corrected chi connectivity index (χ1v) is 12.7. The summed E-state index contributed by atoms with van der Waals surface area (Å²) in [4.78, 5) is 22.1. The molecule has 35 heavy (non-hydrogen) atoms. The van der Waals surface area contributed by atoms with Gasteiger partial charge in [0.25, 0.3) is 5.69 Å². The molecule has 0 radical (unpaired) electrons. The van der Waals surface area contributed by atoms with Crippen molar-refractivity contribution in [2.75, 3.05) is 13.1 Å². The maximum absolute atomic E-state index is 13.1. The second-order valence-electron chi connectivity index (χ2n) is 8.37. The molecule has 1 aromatic heterocycles. The number of hydrogen-bond donors (Lipinski definition) is 1. The average Bonchev–Trinajstić information content (AvgIpc) is 3.12. The molecule has 0 bridgehead atoms. The summed E-state index contributed by atoms with van der Waals surface area (Å²) in [6, 6.07) is 10.7. The maximum Gasteiger partial charge on any atom is 0.323 e. The van der Waals surface area contributed by atoms with Crippen LogP contribution in [0.15, 0.2) is 53.6 Å². The van der Waals surface area contributed by atoms with Gasteiger partial charge in [-0.3, -0.25) is 14.9 Å². The average molecular weight is 504 g/mol. The molecule has 10 nitrogen and oxygen atoms in total. The molecule has 0 aliphatic carbocycles. The van der Waals surface area contributed by atoms with E-state index in [9.17, 15) is 28.4 Å². The van der Waals surface area contributed by atoms with Crippen LogP contribution in [0.2, 0.25) is 0 Å². The molecular formula is C24H29N3O7S. The van der Waals surface area contributed by atoms with E-state index in [4.69, 9.17) is 4.74 Å². The molecule has 0 saturated carbocycles. The van der Waals surface area contributed by atoms with Gasteiger partial charge in [0.15, 0.2) is 0 Å². The molecule has 1 N–H and O–H groups in total. The molecule has 0 saturated heterocycles. The summed E-state index contributed by atoms with van der Waals surface area (Å²) >= 11 is 0. The lowest BCUT2D eigenvalue weighted by Gasteiger charge is -2.20. The summed E-state index contributed by atoms with van der Waals surface area (Å²) in [5.41, 5.74) is 1.14. The van der Waals surface area contributed by atoms with Crippen molar-refractivity contribution in [3.8, 4) is 5.75 Å². The number of carbonyl (C=O) groups is 1. The first-order chi connectivity index (χ1) is 16.5. The van der Waals surface area contributed by atoms with Crippen LogP contribution < -0.4 is 4.74 Å². The van der Waals surface area contributed by atoms with E-state index in [0.29, 0.717) is 36.0 Å². The highest BCUT2D eigenvalue weighted by atomic mass is 32.2. The van der Waals surface area contributed by atoms with Crippen LogP contribution in [0.5, 0.6) is 5.75 Å². The number of sulfonamides is 1. The van der Waals surface area contributed by atoms with E-state index < -0.39 is 20.9 Å². The fourth-order valence-corrected chi connectivity index (χ4v) is 5.44. The van der Waals surface area contributed by atoms with Crippen LogP contribution in [0, 0.1) is 10.1 Å². The van der Waals surface area contributed by atoms with Crippen LogP contribution in [0.1, 0.15) is 32.8 Å². The van der Waals surface area contributed by atoms with Crippen LogP contribution in [0.3, 0.4) is 0 Å². The van der Waals surface area contributed by atoms with Crippen LogP contribution in [-0.4, -0.2) is 52.5 Å². The van der Waals surface area contributed by atoms with Gasteiger partial charge in [-0.25, -0.2) is 8.42 Å². The Hall–Kier alpha value is -3.44. The van der Waals surface area contributed by atoms with E-state index in [1.807, 2.05) is 13.8 Å². The minimum absolute atomic E-state index is 0.0165. The number of nitro groups is 1. The first-order valence-electron chi connectivity index (χ1n) is 11.3. The normalized spacial score (nSPS) is 11.9. The molecule has 3 rings (SSSR count). The van der Waals surface area contributed by atoms with Crippen molar-refractivity contribution in [1.82, 2.24) is 8.87 Å². The lowest BCUT2D eigenvalue weighted by molar-refractivity contribution is -0.384. The summed E-state index contributed by atoms with van der Waals surface area (Å²) in [5, 5.41) is 21.1. The summed E-state index contributed by atoms with van der Waals surface area (Å²) in [5.74, 6) is -0.465. The van der Waals surface area contributed by atoms with Gasteiger partial charge in [-0.2, -0.15) is 4.31 Å². The van der Waals surface area contributed by atoms with E-state index in [1.54, 1.807) is 31.3 Å². The molecule has 0 aliphatic heterocycles. The summed E-state index contributed by atoms with van der Waals surface area (Å²) in [6.45, 7) is 5.78. The number of non-ortho nitro benzene ring substituents is 1. The zero-order valence-corrected chi connectivity index (χ0v) is 20.7. The van der Waals surface area contributed by atoms with Gasteiger partial charge in [0.2, 0.25) is 10.0 Å². The van der Waals surface area contributed by atoms with Crippen molar-refractivity contribution in [2.45, 2.75) is 51.2 Å². The highest BCUT2D eigenvalue weighted by Crippen LogP contribution is 2.27. The van der Waals surface area contributed by atoms with Gasteiger partial charge < -0.3 is 14.4 Å². The molecule has 2 aromatic carbocycles. The molecular weight excluding hydrogens is 474 g/mol. The van der Waals surface area contributed by atoms with Crippen LogP contribution in [-0.2, 0) is 27.8 Å². The number of ether oxygens (including phenoxy) is 1. The van der Waals surface area contributed by atoms with Crippen molar-refractivity contribution in [2.24, 2.45) is 0 Å². The van der Waals surface area contributed by atoms with Crippen LogP contribution in [0.4, 0.5) is 5.69 Å². The van der Waals surface area contributed by atoms with Crippen LogP contribution in [0.25, 0.3) is 10.9 Å². The third-order valence-electron chi connectivity index (χ3n) is 5.50. The molecule has 0 atom stereocenters. The minimum atomic E-state index is -3.70. The van der Waals surface area contributed by atoms with E-state index in [2.05, 4.69) is 0 Å². The number of aromatic nitrogens is 1. The van der Waals surface area contributed by atoms with E-state index in [-0.39, 0.29) is 29.8 Å². The van der Waals surface area contributed by atoms with Crippen molar-refractivity contribution in [3.63, 3.8) is 0 Å². The first kappa shape index (κ1) is 26.2. The fourth-order valence-electron chi connectivity index (χ4n) is 3.95. The van der Waals surface area contributed by atoms with Crippen LogP contribution >= 0.6 is 0 Å². The molecule has 0 unspecified atom stereocenters. The molecule has 0 aliphatic rings. The minimum Gasteiger partial charge on any atom is -0.491 e. The predicted octanol–water partition coefficient (Wildman–Crippen LogP) is 4.06. The molecule has 1 heterocycles. The predicted molar refractivity (Wildman–Crippen MR) is 131 cm³/mol. The van der Waals surface area contributed by atoms with Gasteiger partial charge in [0.05, 0.1) is 21.4 Å². The van der Waals surface area contributed by atoms with Crippen molar-refractivity contribution in [1.29, 1.82) is 0 Å². The Bertz CT molecular complexity index is 1310. The Kier molecular flexibility index (Phi) is 8.13. The maximum atomic E-state index is 13.1. The summed E-state index contributed by atoms with van der Waals surface area (Å²) in [7, 11) is -3.70. The van der Waals surface area contributed by atoms with Gasteiger partial charge in [-0.1, -0.05) is 6.92 Å². The second-order valence-corrected chi connectivity index (χ2v) is 10.3. The number of carboxylic acid groups (broad SMARTS) is 1. The Labute approximate surface area is 203 Å². The largest absolute Gasteiger partial charge is 0.491 e. The zero-order valence-electron chi connectivity index (χ0n) is 19.9. The highest BCUT2D eigenvalue weighted by Gasteiger charge is 2.23. The third kappa shape index (κ3) is 6.17. The Morgan fingerprint density at radius 3 is 2.46 bits per heavy atom. The molecule has 188 valence electrons. The Morgan fingerprint density at radius 1 is 1.20 bits per heavy atom. The monoisotopic (exact) mass is 503 g/mol. The number of aliphatic carboxylic acids is 1. The number of nitro benzene ring substituents is 1. The number of aryl methyl sites for hydroxylation is 1. The number of nitrogens with zero attached hydrogens (tertiary/aromatic N) is 3. The third-order valence-corrected chi connectivity index (χ3v) is 7.49. The van der Waals surface area contributed by atoms with Crippen molar-refractivity contribution < 1.29 is 28.0 Å². The van der Waals surface area contributed by atoms with Gasteiger partial charge in [-0.15, -0.1) is 0 Å². The molecule has 0 spiro atoms. The van der Waals surface area contributed by atoms with Gasteiger partial charge in [0.1, 0.15) is 12.3 Å². The summed E-state index contributed by atoms with van der Waals surface area (Å²) in [6.07, 6.45) is 2.62. The SMILES string of the molecule is CCN(CCCc1cn(CC(=O)O)c2cc([N+](=O)[O-])ccc12)S(=O)(=O)c1ccc(OC(C)C)cc1. The van der Waals surface area contributed by atoms with E-state index in [1.165, 1.54) is 33.1 Å². The second kappa shape index (κ2) is 10.9. The van der Waals surface area contributed by atoms with Crippen molar-refractivity contribution in [3.05, 3.63) is 64.3 Å². The van der Waals surface area contributed by atoms with Gasteiger partial charge in [-0.05, 0) is 62.6 Å². The molecule has 3 aromatic rings.